The molecule has 0 fully saturated rings. The van der Waals surface area contributed by atoms with Gasteiger partial charge in [0, 0.05) is 17.1 Å². The van der Waals surface area contributed by atoms with E-state index in [2.05, 4.69) is 31.1 Å². The number of aryl methyl sites for hydroxylation is 1. The Kier molecular flexibility index (Phi) is 3.51. The van der Waals surface area contributed by atoms with Crippen molar-refractivity contribution in [1.82, 2.24) is 15.1 Å². The highest BCUT2D eigenvalue weighted by atomic mass is 79.9. The second-order valence-electron chi connectivity index (χ2n) is 3.09. The van der Waals surface area contributed by atoms with Crippen molar-refractivity contribution in [3.63, 3.8) is 0 Å². The van der Waals surface area contributed by atoms with Crippen molar-refractivity contribution < 1.29 is 9.26 Å². The van der Waals surface area contributed by atoms with Crippen LogP contribution in [0.25, 0.3) is 0 Å². The third-order valence-corrected chi connectivity index (χ3v) is 2.29. The van der Waals surface area contributed by atoms with Crippen LogP contribution in [0.4, 0.5) is 0 Å². The van der Waals surface area contributed by atoms with Crippen molar-refractivity contribution in [1.29, 1.82) is 0 Å². The first-order chi connectivity index (χ1) is 7.78. The number of ether oxygens (including phenoxy) is 1. The lowest BCUT2D eigenvalue weighted by atomic mass is 10.4. The third-order valence-electron chi connectivity index (χ3n) is 1.86. The number of nitrogens with zero attached hydrogens (tertiary/aromatic N) is 3. The molecule has 0 aliphatic heterocycles. The van der Waals surface area contributed by atoms with Gasteiger partial charge in [0.05, 0.1) is 6.20 Å². The van der Waals surface area contributed by atoms with Crippen molar-refractivity contribution in [2.75, 3.05) is 0 Å². The van der Waals surface area contributed by atoms with E-state index in [1.165, 1.54) is 0 Å². The summed E-state index contributed by atoms with van der Waals surface area (Å²) < 4.78 is 11.3. The maximum atomic E-state index is 5.45. The van der Waals surface area contributed by atoms with E-state index in [1.54, 1.807) is 12.4 Å². The van der Waals surface area contributed by atoms with Gasteiger partial charge in [-0.3, -0.25) is 4.98 Å². The van der Waals surface area contributed by atoms with Gasteiger partial charge in [0.15, 0.2) is 6.61 Å². The Labute approximate surface area is 101 Å². The molecule has 2 rings (SSSR count). The van der Waals surface area contributed by atoms with E-state index in [9.17, 15) is 0 Å². The summed E-state index contributed by atoms with van der Waals surface area (Å²) in [4.78, 5) is 8.11. The number of aromatic nitrogens is 3. The Morgan fingerprint density at radius 1 is 1.44 bits per heavy atom. The maximum Gasteiger partial charge on any atom is 0.226 e. The van der Waals surface area contributed by atoms with Crippen molar-refractivity contribution in [2.24, 2.45) is 0 Å². The van der Waals surface area contributed by atoms with Gasteiger partial charge in [-0.2, -0.15) is 4.98 Å². The molecule has 0 amide bonds. The zero-order valence-electron chi connectivity index (χ0n) is 8.68. The Morgan fingerprint density at radius 3 is 3.00 bits per heavy atom. The van der Waals surface area contributed by atoms with Gasteiger partial charge in [0.2, 0.25) is 11.7 Å². The van der Waals surface area contributed by atoms with Gasteiger partial charge in [0.1, 0.15) is 5.75 Å². The number of hydrogen-bond donors (Lipinski definition) is 0. The molecule has 2 heterocycles. The second-order valence-corrected chi connectivity index (χ2v) is 4.00. The molecule has 6 heteroatoms. The molecule has 16 heavy (non-hydrogen) atoms. The first-order valence-electron chi connectivity index (χ1n) is 4.82. The van der Waals surface area contributed by atoms with Crippen LogP contribution in [0.1, 0.15) is 18.6 Å². The molecule has 0 radical (unpaired) electrons. The van der Waals surface area contributed by atoms with E-state index in [0.29, 0.717) is 17.5 Å². The van der Waals surface area contributed by atoms with Gasteiger partial charge >= 0.3 is 0 Å². The van der Waals surface area contributed by atoms with Crippen molar-refractivity contribution in [2.45, 2.75) is 20.0 Å². The van der Waals surface area contributed by atoms with Crippen LogP contribution in [0.5, 0.6) is 5.75 Å². The molecule has 0 aromatic carbocycles. The molecular weight excluding hydrogens is 274 g/mol. The van der Waals surface area contributed by atoms with Crippen LogP contribution < -0.4 is 4.74 Å². The summed E-state index contributed by atoms with van der Waals surface area (Å²) in [6.45, 7) is 2.23. The summed E-state index contributed by atoms with van der Waals surface area (Å²) in [6, 6.07) is 1.83. The van der Waals surface area contributed by atoms with Crippen molar-refractivity contribution in [3.05, 3.63) is 34.6 Å². The predicted octanol–water partition coefficient (Wildman–Crippen LogP) is 2.37. The first-order valence-corrected chi connectivity index (χ1v) is 5.62. The highest BCUT2D eigenvalue weighted by molar-refractivity contribution is 9.10. The molecule has 0 spiro atoms. The number of pyridine rings is 1. The topological polar surface area (TPSA) is 61.0 Å². The Hall–Kier alpha value is -1.43. The minimum Gasteiger partial charge on any atom is -0.484 e. The van der Waals surface area contributed by atoms with E-state index < -0.39 is 0 Å². The zero-order valence-corrected chi connectivity index (χ0v) is 10.3. The molecule has 2 aromatic rings. The fourth-order valence-corrected chi connectivity index (χ4v) is 1.46. The molecule has 0 bridgehead atoms. The van der Waals surface area contributed by atoms with Crippen LogP contribution in [0, 0.1) is 0 Å². The van der Waals surface area contributed by atoms with Gasteiger partial charge < -0.3 is 9.26 Å². The van der Waals surface area contributed by atoms with E-state index in [1.807, 2.05) is 13.0 Å². The lowest BCUT2D eigenvalue weighted by Crippen LogP contribution is -1.98. The highest BCUT2D eigenvalue weighted by Gasteiger charge is 2.05. The van der Waals surface area contributed by atoms with Gasteiger partial charge in [-0.05, 0) is 22.0 Å². The summed E-state index contributed by atoms with van der Waals surface area (Å²) in [5.74, 6) is 1.82. The molecular formula is C10H10BrN3O2. The maximum absolute atomic E-state index is 5.45. The van der Waals surface area contributed by atoms with Crippen LogP contribution in [0.15, 0.2) is 27.5 Å². The molecule has 0 aliphatic carbocycles. The quantitative estimate of drug-likeness (QED) is 0.862. The van der Waals surface area contributed by atoms with E-state index >= 15 is 0 Å². The largest absolute Gasteiger partial charge is 0.484 e. The van der Waals surface area contributed by atoms with Crippen LogP contribution in [-0.2, 0) is 13.0 Å². The summed E-state index contributed by atoms with van der Waals surface area (Å²) >= 11 is 3.31. The summed E-state index contributed by atoms with van der Waals surface area (Å²) in [7, 11) is 0. The van der Waals surface area contributed by atoms with Gasteiger partial charge in [0.25, 0.3) is 0 Å². The molecule has 5 nitrogen and oxygen atoms in total. The zero-order chi connectivity index (χ0) is 11.4. The fraction of sp³-hybridized carbons (Fsp3) is 0.300. The molecule has 0 atom stereocenters. The average Bonchev–Trinajstić information content (AvgIpc) is 2.74. The molecule has 0 saturated heterocycles. The Morgan fingerprint density at radius 2 is 2.31 bits per heavy atom. The monoisotopic (exact) mass is 283 g/mol. The van der Waals surface area contributed by atoms with E-state index in [4.69, 9.17) is 9.26 Å². The standard InChI is InChI=1S/C10H10BrN3O2/c1-2-10-13-9(14-16-10)6-15-8-3-7(11)4-12-5-8/h3-5H,2,6H2,1H3. The van der Waals surface area contributed by atoms with Crippen LogP contribution in [0.2, 0.25) is 0 Å². The number of hydrogen-bond acceptors (Lipinski definition) is 5. The lowest BCUT2D eigenvalue weighted by Gasteiger charge is -2.01. The van der Waals surface area contributed by atoms with Gasteiger partial charge in [-0.25, -0.2) is 0 Å². The van der Waals surface area contributed by atoms with Crippen molar-refractivity contribution >= 4 is 15.9 Å². The normalized spacial score (nSPS) is 10.4. The smallest absolute Gasteiger partial charge is 0.226 e. The summed E-state index contributed by atoms with van der Waals surface area (Å²) in [5, 5.41) is 3.78. The van der Waals surface area contributed by atoms with Crippen molar-refractivity contribution in [3.8, 4) is 5.75 Å². The second kappa shape index (κ2) is 5.07. The molecule has 2 aromatic heterocycles. The van der Waals surface area contributed by atoms with E-state index in [0.717, 1.165) is 10.9 Å². The molecule has 0 saturated carbocycles. The highest BCUT2D eigenvalue weighted by Crippen LogP contribution is 2.16. The van der Waals surface area contributed by atoms with E-state index in [-0.39, 0.29) is 6.61 Å². The predicted molar refractivity (Wildman–Crippen MR) is 59.9 cm³/mol. The first kappa shape index (κ1) is 11.1. The fourth-order valence-electron chi connectivity index (χ4n) is 1.11. The van der Waals surface area contributed by atoms with Crippen LogP contribution >= 0.6 is 15.9 Å². The molecule has 0 aliphatic rings. The minimum absolute atomic E-state index is 0.279. The SMILES string of the molecule is CCc1nc(COc2cncc(Br)c2)no1. The Bertz CT molecular complexity index is 473. The van der Waals surface area contributed by atoms with Crippen LogP contribution in [-0.4, -0.2) is 15.1 Å². The molecule has 0 N–H and O–H groups in total. The minimum atomic E-state index is 0.279. The summed E-state index contributed by atoms with van der Waals surface area (Å²) in [6.07, 6.45) is 4.05. The molecule has 84 valence electrons. The number of rotatable bonds is 4. The van der Waals surface area contributed by atoms with Crippen LogP contribution in [0.3, 0.4) is 0 Å². The molecule has 0 unspecified atom stereocenters. The summed E-state index contributed by atoms with van der Waals surface area (Å²) in [5.41, 5.74) is 0. The van der Waals surface area contributed by atoms with Gasteiger partial charge in [-0.15, -0.1) is 0 Å². The number of halogens is 1. The Balaban J connectivity index is 1.96. The average molecular weight is 284 g/mol. The lowest BCUT2D eigenvalue weighted by molar-refractivity contribution is 0.284. The third kappa shape index (κ3) is 2.79. The van der Waals surface area contributed by atoms with Gasteiger partial charge in [-0.1, -0.05) is 12.1 Å².